The molecule has 0 spiro atoms. The Bertz CT molecular complexity index is 1090. The Morgan fingerprint density at radius 3 is 2.60 bits per heavy atom. The highest BCUT2D eigenvalue weighted by molar-refractivity contribution is 5.93. The average molecular weight is 406 g/mol. The number of carbonyl (C=O) groups excluding carboxylic acids is 1. The van der Waals surface area contributed by atoms with Gasteiger partial charge in [0.05, 0.1) is 12.2 Å². The molecule has 3 aromatic rings. The molecular weight excluding hydrogens is 384 g/mol. The van der Waals surface area contributed by atoms with Crippen molar-refractivity contribution in [2.24, 2.45) is 5.73 Å². The Kier molecular flexibility index (Phi) is 6.63. The highest BCUT2D eigenvalue weighted by Gasteiger charge is 2.16. The number of phenolic OH excluding ortho intramolecular Hbond substituents is 1. The van der Waals surface area contributed by atoms with Crippen LogP contribution in [0.15, 0.2) is 54.9 Å². The molecule has 0 aliphatic heterocycles. The molecular formula is C23H22N2O5. The van der Waals surface area contributed by atoms with Gasteiger partial charge in [0.2, 0.25) is 0 Å². The molecule has 0 atom stereocenters. The Labute approximate surface area is 174 Å². The van der Waals surface area contributed by atoms with Gasteiger partial charge in [-0.25, -0.2) is 4.79 Å². The molecule has 0 fully saturated rings. The van der Waals surface area contributed by atoms with Crippen molar-refractivity contribution in [2.75, 3.05) is 20.5 Å². The van der Waals surface area contributed by atoms with Crippen molar-refractivity contribution < 1.29 is 24.1 Å². The molecule has 3 N–H and O–H groups in total. The number of hydrogen-bond donors (Lipinski definition) is 2. The Hall–Kier alpha value is -3.89. The fourth-order valence-electron chi connectivity index (χ4n) is 2.94. The van der Waals surface area contributed by atoms with E-state index >= 15 is 0 Å². The van der Waals surface area contributed by atoms with Gasteiger partial charge in [0.25, 0.3) is 0 Å². The largest absolute Gasteiger partial charge is 0.508 e. The summed E-state index contributed by atoms with van der Waals surface area (Å²) < 4.78 is 17.5. The third-order valence-corrected chi connectivity index (χ3v) is 4.30. The van der Waals surface area contributed by atoms with E-state index in [0.717, 1.165) is 22.4 Å². The summed E-state index contributed by atoms with van der Waals surface area (Å²) in [6, 6.07) is 14.4. The van der Waals surface area contributed by atoms with E-state index in [4.69, 9.17) is 19.9 Å². The quantitative estimate of drug-likeness (QED) is 0.271. The molecule has 0 aliphatic rings. The lowest BCUT2D eigenvalue weighted by Gasteiger charge is -2.12. The van der Waals surface area contributed by atoms with E-state index in [1.807, 2.05) is 17.0 Å². The summed E-state index contributed by atoms with van der Waals surface area (Å²) in [5, 5.41) is 9.55. The molecule has 2 aromatic carbocycles. The first kappa shape index (κ1) is 20.8. The number of ether oxygens (including phenoxy) is 3. The minimum atomic E-state index is -0.470. The van der Waals surface area contributed by atoms with E-state index in [-0.39, 0.29) is 19.1 Å². The summed E-state index contributed by atoms with van der Waals surface area (Å²) in [5.74, 6) is 2.95. The lowest BCUT2D eigenvalue weighted by molar-refractivity contribution is 0.0438. The predicted molar refractivity (Wildman–Crippen MR) is 112 cm³/mol. The number of rotatable bonds is 7. The molecule has 0 radical (unpaired) electrons. The van der Waals surface area contributed by atoms with Crippen LogP contribution < -0.4 is 10.5 Å². The predicted octanol–water partition coefficient (Wildman–Crippen LogP) is 3.28. The smallest absolute Gasteiger partial charge is 0.341 e. The molecule has 154 valence electrons. The second-order valence-electron chi connectivity index (χ2n) is 6.26. The molecule has 0 unspecified atom stereocenters. The number of nitrogens with two attached hydrogens (primary N) is 1. The number of phenols is 1. The lowest BCUT2D eigenvalue weighted by atomic mass is 10.1. The summed E-state index contributed by atoms with van der Waals surface area (Å²) in [7, 11) is 1.50. The van der Waals surface area contributed by atoms with E-state index in [2.05, 4.69) is 12.0 Å². The van der Waals surface area contributed by atoms with E-state index in [1.165, 1.54) is 7.11 Å². The van der Waals surface area contributed by atoms with Crippen molar-refractivity contribution in [1.29, 1.82) is 0 Å². The van der Waals surface area contributed by atoms with Crippen LogP contribution >= 0.6 is 0 Å². The molecule has 1 aromatic heterocycles. The third-order valence-electron chi connectivity index (χ3n) is 4.30. The summed E-state index contributed by atoms with van der Waals surface area (Å²) >= 11 is 0. The van der Waals surface area contributed by atoms with Crippen molar-refractivity contribution in [3.05, 3.63) is 66.0 Å². The van der Waals surface area contributed by atoms with E-state index in [0.29, 0.717) is 11.3 Å². The number of methoxy groups -OCH3 is 1. The monoisotopic (exact) mass is 406 g/mol. The maximum absolute atomic E-state index is 12.2. The molecule has 0 saturated carbocycles. The van der Waals surface area contributed by atoms with Crippen LogP contribution in [-0.2, 0) is 9.47 Å². The summed E-state index contributed by atoms with van der Waals surface area (Å²) in [6.45, 7) is 2.00. The number of benzene rings is 2. The van der Waals surface area contributed by atoms with Crippen molar-refractivity contribution in [3.8, 4) is 40.3 Å². The molecule has 7 heteroatoms. The number of hydrogen-bond acceptors (Lipinski definition) is 6. The van der Waals surface area contributed by atoms with Crippen LogP contribution in [0.5, 0.6) is 11.5 Å². The van der Waals surface area contributed by atoms with Crippen LogP contribution in [0.25, 0.3) is 16.8 Å². The zero-order chi connectivity index (χ0) is 21.5. The minimum Gasteiger partial charge on any atom is -0.508 e. The lowest BCUT2D eigenvalue weighted by Crippen LogP contribution is -2.10. The number of esters is 1. The number of aromatic hydroxyl groups is 1. The zero-order valence-corrected chi connectivity index (χ0v) is 16.7. The maximum atomic E-state index is 12.2. The van der Waals surface area contributed by atoms with Crippen LogP contribution in [0, 0.1) is 12.0 Å². The van der Waals surface area contributed by atoms with Crippen LogP contribution in [-0.4, -0.2) is 36.2 Å². The van der Waals surface area contributed by atoms with Crippen molar-refractivity contribution in [3.63, 3.8) is 0 Å². The van der Waals surface area contributed by atoms with Crippen LogP contribution in [0.4, 0.5) is 0 Å². The molecule has 30 heavy (non-hydrogen) atoms. The second kappa shape index (κ2) is 9.54. The van der Waals surface area contributed by atoms with E-state index in [1.54, 1.807) is 49.4 Å². The van der Waals surface area contributed by atoms with Gasteiger partial charge in [-0.15, -0.1) is 0 Å². The number of aromatic nitrogens is 1. The van der Waals surface area contributed by atoms with Gasteiger partial charge in [-0.2, -0.15) is 0 Å². The van der Waals surface area contributed by atoms with Gasteiger partial charge in [0.1, 0.15) is 17.1 Å². The number of carbonyl (C=O) groups is 1. The first-order valence-electron chi connectivity index (χ1n) is 9.23. The van der Waals surface area contributed by atoms with Crippen LogP contribution in [0.1, 0.15) is 22.8 Å². The SMILES string of the molecule is CCOC(=O)c1ccc(-n2cc(C#CN)c(-c3ccc(O)cc3)c2)cc1OCOC. The minimum absolute atomic E-state index is 0.00973. The molecule has 1 heterocycles. The zero-order valence-electron chi connectivity index (χ0n) is 16.7. The average Bonchev–Trinajstić information content (AvgIpc) is 3.17. The highest BCUT2D eigenvalue weighted by atomic mass is 16.7. The van der Waals surface area contributed by atoms with E-state index < -0.39 is 5.97 Å². The highest BCUT2D eigenvalue weighted by Crippen LogP contribution is 2.30. The van der Waals surface area contributed by atoms with Gasteiger partial charge in [0, 0.05) is 42.9 Å². The Balaban J connectivity index is 2.05. The molecule has 0 amide bonds. The third kappa shape index (κ3) is 4.57. The fourth-order valence-corrected chi connectivity index (χ4v) is 2.94. The van der Waals surface area contributed by atoms with Crippen LogP contribution in [0.3, 0.4) is 0 Å². The van der Waals surface area contributed by atoms with Gasteiger partial charge < -0.3 is 29.6 Å². The molecule has 0 aliphatic carbocycles. The summed E-state index contributed by atoms with van der Waals surface area (Å²) in [6.07, 6.45) is 3.73. The van der Waals surface area contributed by atoms with Gasteiger partial charge in [0.15, 0.2) is 6.79 Å². The second-order valence-corrected chi connectivity index (χ2v) is 6.26. The first-order valence-corrected chi connectivity index (χ1v) is 9.23. The molecule has 0 saturated heterocycles. The maximum Gasteiger partial charge on any atom is 0.341 e. The van der Waals surface area contributed by atoms with Gasteiger partial charge in [-0.1, -0.05) is 12.1 Å². The standard InChI is InChI=1S/C23H22N2O5/c1-3-29-23(27)20-9-6-18(12-22(20)30-15-28-2)25-13-17(10-11-24)21(14-25)16-4-7-19(26)8-5-16/h4-9,12-14,26H,3,15,24H2,1-2H3. The van der Waals surface area contributed by atoms with Crippen molar-refractivity contribution in [1.82, 2.24) is 4.57 Å². The molecule has 0 bridgehead atoms. The Morgan fingerprint density at radius 1 is 1.17 bits per heavy atom. The number of nitrogens with zero attached hydrogens (tertiary/aromatic N) is 1. The fraction of sp³-hybridized carbons (Fsp3) is 0.174. The topological polar surface area (TPSA) is 95.9 Å². The first-order chi connectivity index (χ1) is 14.6. The van der Waals surface area contributed by atoms with Crippen molar-refractivity contribution in [2.45, 2.75) is 6.92 Å². The van der Waals surface area contributed by atoms with Crippen LogP contribution in [0.2, 0.25) is 0 Å². The molecule has 3 rings (SSSR count). The van der Waals surface area contributed by atoms with Gasteiger partial charge in [-0.05, 0) is 42.7 Å². The summed E-state index contributed by atoms with van der Waals surface area (Å²) in [5.41, 5.74) is 8.95. The van der Waals surface area contributed by atoms with Crippen molar-refractivity contribution >= 4 is 5.97 Å². The van der Waals surface area contributed by atoms with E-state index in [9.17, 15) is 9.90 Å². The van der Waals surface area contributed by atoms with Gasteiger partial charge >= 0.3 is 5.97 Å². The normalized spacial score (nSPS) is 10.2. The van der Waals surface area contributed by atoms with Gasteiger partial charge in [-0.3, -0.25) is 0 Å². The Morgan fingerprint density at radius 2 is 1.93 bits per heavy atom. The summed E-state index contributed by atoms with van der Waals surface area (Å²) in [4.78, 5) is 12.2. The molecule has 7 nitrogen and oxygen atoms in total.